The van der Waals surface area contributed by atoms with E-state index in [2.05, 4.69) is 28.5 Å². The maximum atomic E-state index is 15.0. The summed E-state index contributed by atoms with van der Waals surface area (Å²) in [7, 11) is -0.552. The van der Waals surface area contributed by atoms with Gasteiger partial charge in [-0.2, -0.15) is 4.39 Å². The van der Waals surface area contributed by atoms with Crippen LogP contribution in [0.5, 0.6) is 0 Å². The molecule has 1 aromatic heterocycles. The summed E-state index contributed by atoms with van der Waals surface area (Å²) < 4.78 is 61.7. The van der Waals surface area contributed by atoms with Gasteiger partial charge in [0.05, 0.1) is 5.60 Å². The Morgan fingerprint density at radius 2 is 2.03 bits per heavy atom. The van der Waals surface area contributed by atoms with Crippen molar-refractivity contribution in [2.75, 3.05) is 43.4 Å². The molecule has 3 rings (SSSR count). The monoisotopic (exact) mass is 468 g/mol. The Morgan fingerprint density at radius 3 is 2.66 bits per heavy atom. The van der Waals surface area contributed by atoms with Gasteiger partial charge >= 0.3 is 0 Å². The zero-order valence-electron chi connectivity index (χ0n) is 19.0. The molecule has 32 heavy (non-hydrogen) atoms. The standard InChI is InChI=1S/C22H30F2N4O3S/c1-15(2)27(4)13-22(31-5)9-10-28(14-22)18-12-17(23)19(11-16(18)3)32(29,30)26-21-8-6-7-20(24)25-21/h6-8,11-12,15H,9-10,13-14H2,1-5H3,(H,25,26)/t22-/m0/s1. The van der Waals surface area contributed by atoms with E-state index in [1.54, 1.807) is 14.0 Å². The van der Waals surface area contributed by atoms with E-state index in [9.17, 15) is 17.2 Å². The average molecular weight is 469 g/mol. The summed E-state index contributed by atoms with van der Waals surface area (Å²) in [6, 6.07) is 6.59. The highest BCUT2D eigenvalue weighted by Crippen LogP contribution is 2.34. The first-order valence-corrected chi connectivity index (χ1v) is 11.9. The highest BCUT2D eigenvalue weighted by molar-refractivity contribution is 7.92. The van der Waals surface area contributed by atoms with E-state index in [-0.39, 0.29) is 5.82 Å². The molecule has 176 valence electrons. The number of hydrogen-bond acceptors (Lipinski definition) is 6. The molecule has 1 atom stereocenters. The first-order chi connectivity index (χ1) is 15.0. The van der Waals surface area contributed by atoms with Crippen LogP contribution in [-0.4, -0.2) is 63.7 Å². The largest absolute Gasteiger partial charge is 0.375 e. The summed E-state index contributed by atoms with van der Waals surface area (Å²) in [5, 5.41) is 0. The van der Waals surface area contributed by atoms with Crippen molar-refractivity contribution in [2.45, 2.75) is 43.7 Å². The minimum atomic E-state index is -4.28. The summed E-state index contributed by atoms with van der Waals surface area (Å²) in [5.74, 6) is -1.94. The third-order valence-electron chi connectivity index (χ3n) is 6.00. The molecule has 0 spiro atoms. The minimum Gasteiger partial charge on any atom is -0.375 e. The molecule has 2 aromatic rings. The molecular weight excluding hydrogens is 438 g/mol. The first-order valence-electron chi connectivity index (χ1n) is 10.4. The quantitative estimate of drug-likeness (QED) is 0.599. The lowest BCUT2D eigenvalue weighted by atomic mass is 10.0. The predicted molar refractivity (Wildman–Crippen MR) is 120 cm³/mol. The molecule has 2 heterocycles. The normalized spacial score (nSPS) is 19.2. The average Bonchev–Trinajstić information content (AvgIpc) is 3.13. The second-order valence-corrected chi connectivity index (χ2v) is 10.2. The lowest BCUT2D eigenvalue weighted by Crippen LogP contribution is -2.47. The fraction of sp³-hybridized carbons (Fsp3) is 0.500. The molecule has 7 nitrogen and oxygen atoms in total. The topological polar surface area (TPSA) is 74.8 Å². The molecule has 1 N–H and O–H groups in total. The number of likely N-dealkylation sites (N-methyl/N-ethyl adjacent to an activating group) is 1. The van der Waals surface area contributed by atoms with E-state index in [0.717, 1.165) is 19.0 Å². The highest BCUT2D eigenvalue weighted by Gasteiger charge is 2.40. The zero-order valence-corrected chi connectivity index (χ0v) is 19.8. The van der Waals surface area contributed by atoms with Crippen LogP contribution in [0.4, 0.5) is 20.3 Å². The molecule has 0 amide bonds. The van der Waals surface area contributed by atoms with Crippen molar-refractivity contribution >= 4 is 21.5 Å². The number of halogens is 2. The van der Waals surface area contributed by atoms with Crippen molar-refractivity contribution < 1.29 is 21.9 Å². The van der Waals surface area contributed by atoms with Crippen molar-refractivity contribution in [3.05, 3.63) is 47.7 Å². The van der Waals surface area contributed by atoms with Crippen LogP contribution >= 0.6 is 0 Å². The minimum absolute atomic E-state index is 0.218. The van der Waals surface area contributed by atoms with Gasteiger partial charge in [-0.1, -0.05) is 6.07 Å². The van der Waals surface area contributed by atoms with Crippen LogP contribution in [0.2, 0.25) is 0 Å². The molecule has 10 heteroatoms. The number of nitrogens with zero attached hydrogens (tertiary/aromatic N) is 3. The number of sulfonamides is 1. The number of nitrogens with one attached hydrogen (secondary N) is 1. The van der Waals surface area contributed by atoms with Crippen LogP contribution in [0.1, 0.15) is 25.8 Å². The number of methoxy groups -OCH3 is 1. The van der Waals surface area contributed by atoms with Gasteiger partial charge in [0.2, 0.25) is 5.95 Å². The lowest BCUT2D eigenvalue weighted by Gasteiger charge is -2.34. The van der Waals surface area contributed by atoms with E-state index in [1.165, 1.54) is 24.3 Å². The number of hydrogen-bond donors (Lipinski definition) is 1. The third-order valence-corrected chi connectivity index (χ3v) is 7.37. The van der Waals surface area contributed by atoms with Crippen LogP contribution in [0.25, 0.3) is 0 Å². The van der Waals surface area contributed by atoms with Gasteiger partial charge in [0.15, 0.2) is 0 Å². The van der Waals surface area contributed by atoms with E-state index < -0.39 is 32.3 Å². The molecule has 1 aliphatic heterocycles. The number of benzene rings is 1. The van der Waals surface area contributed by atoms with Gasteiger partial charge in [0.25, 0.3) is 10.0 Å². The van der Waals surface area contributed by atoms with Crippen molar-refractivity contribution in [3.8, 4) is 0 Å². The molecule has 0 bridgehead atoms. The predicted octanol–water partition coefficient (Wildman–Crippen LogP) is 3.40. The Labute approximate surface area is 188 Å². The van der Waals surface area contributed by atoms with E-state index in [0.29, 0.717) is 30.4 Å². The molecule has 1 aliphatic rings. The summed E-state index contributed by atoms with van der Waals surface area (Å²) in [4.78, 5) is 7.19. The van der Waals surface area contributed by atoms with Crippen LogP contribution in [0.3, 0.4) is 0 Å². The smallest absolute Gasteiger partial charge is 0.265 e. The van der Waals surface area contributed by atoms with Gasteiger partial charge in [-0.15, -0.1) is 0 Å². The fourth-order valence-electron chi connectivity index (χ4n) is 3.90. The van der Waals surface area contributed by atoms with Crippen LogP contribution < -0.4 is 9.62 Å². The molecule has 1 saturated heterocycles. The SMILES string of the molecule is CO[C@]1(CN(C)C(C)C)CCN(c2cc(F)c(S(=O)(=O)Nc3cccc(F)n3)cc2C)C1. The summed E-state index contributed by atoms with van der Waals surface area (Å²) >= 11 is 0. The van der Waals surface area contributed by atoms with Gasteiger partial charge in [-0.3, -0.25) is 4.72 Å². The summed E-state index contributed by atoms with van der Waals surface area (Å²) in [6.45, 7) is 7.93. The van der Waals surface area contributed by atoms with Gasteiger partial charge < -0.3 is 14.5 Å². The van der Waals surface area contributed by atoms with Gasteiger partial charge in [0.1, 0.15) is 16.5 Å². The van der Waals surface area contributed by atoms with Crippen molar-refractivity contribution in [1.29, 1.82) is 0 Å². The molecule has 0 unspecified atom stereocenters. The van der Waals surface area contributed by atoms with Gasteiger partial charge in [-0.25, -0.2) is 17.8 Å². The summed E-state index contributed by atoms with van der Waals surface area (Å²) in [5.41, 5.74) is 0.844. The number of ether oxygens (including phenoxy) is 1. The van der Waals surface area contributed by atoms with Gasteiger partial charge in [-0.05, 0) is 64.1 Å². The highest BCUT2D eigenvalue weighted by atomic mass is 32.2. The Kier molecular flexibility index (Phi) is 7.06. The van der Waals surface area contributed by atoms with Gasteiger partial charge in [0, 0.05) is 38.5 Å². The Morgan fingerprint density at radius 1 is 1.31 bits per heavy atom. The van der Waals surface area contributed by atoms with Crippen LogP contribution in [0, 0.1) is 18.7 Å². The third kappa shape index (κ3) is 5.19. The van der Waals surface area contributed by atoms with Crippen LogP contribution in [-0.2, 0) is 14.8 Å². The van der Waals surface area contributed by atoms with Crippen molar-refractivity contribution in [3.63, 3.8) is 0 Å². The van der Waals surface area contributed by atoms with E-state index in [1.807, 2.05) is 11.9 Å². The second kappa shape index (κ2) is 9.29. The molecule has 0 saturated carbocycles. The Bertz CT molecular complexity index is 1080. The molecule has 1 aromatic carbocycles. The van der Waals surface area contributed by atoms with Crippen molar-refractivity contribution in [2.24, 2.45) is 0 Å². The summed E-state index contributed by atoms with van der Waals surface area (Å²) in [6.07, 6.45) is 0.772. The first kappa shape index (κ1) is 24.3. The zero-order chi connectivity index (χ0) is 23.7. The fourth-order valence-corrected chi connectivity index (χ4v) is 5.04. The van der Waals surface area contributed by atoms with E-state index in [4.69, 9.17) is 4.74 Å². The maximum Gasteiger partial charge on any atom is 0.265 e. The number of pyridine rings is 1. The lowest BCUT2D eigenvalue weighted by molar-refractivity contribution is -0.0200. The molecular formula is C22H30F2N4O3S. The second-order valence-electron chi connectivity index (χ2n) is 8.59. The van der Waals surface area contributed by atoms with Crippen molar-refractivity contribution in [1.82, 2.24) is 9.88 Å². The Hall–Kier alpha value is -2.30. The number of rotatable bonds is 8. The molecule has 0 radical (unpaired) electrons. The Balaban J connectivity index is 1.84. The van der Waals surface area contributed by atoms with Crippen LogP contribution in [0.15, 0.2) is 35.2 Å². The molecule has 1 fully saturated rings. The maximum absolute atomic E-state index is 15.0. The number of aromatic nitrogens is 1. The molecule has 0 aliphatic carbocycles. The number of aryl methyl sites for hydroxylation is 1. The van der Waals surface area contributed by atoms with E-state index >= 15 is 0 Å². The number of anilines is 2.